The van der Waals surface area contributed by atoms with Crippen molar-refractivity contribution in [2.24, 2.45) is 7.05 Å². The Bertz CT molecular complexity index is 992. The molecule has 3 heterocycles. The summed E-state index contributed by atoms with van der Waals surface area (Å²) in [6.07, 6.45) is 7.70. The zero-order valence-corrected chi connectivity index (χ0v) is 16.2. The lowest BCUT2D eigenvalue weighted by atomic mass is 10.1. The van der Waals surface area contributed by atoms with E-state index in [4.69, 9.17) is 10.5 Å². The van der Waals surface area contributed by atoms with Crippen molar-refractivity contribution in [3.63, 3.8) is 0 Å². The van der Waals surface area contributed by atoms with Crippen LogP contribution in [0.4, 0.5) is 17.2 Å². The standard InChI is InChI=1S/C20H23N7O2/c1-26-13-15(10-24-26)14-3-4-16(21)17(9-14)25-20(28)18-11-23-19(12-22-18)27-5-2-7-29-8-6-27/h3-4,9-13H,2,5-8,21H2,1H3,(H,25,28). The summed E-state index contributed by atoms with van der Waals surface area (Å²) in [5, 5.41) is 7.00. The molecule has 0 saturated carbocycles. The van der Waals surface area contributed by atoms with Gasteiger partial charge < -0.3 is 20.7 Å². The number of amides is 1. The number of hydrogen-bond donors (Lipinski definition) is 2. The van der Waals surface area contributed by atoms with Crippen LogP contribution < -0.4 is 16.0 Å². The van der Waals surface area contributed by atoms with E-state index in [-0.39, 0.29) is 11.6 Å². The van der Waals surface area contributed by atoms with Gasteiger partial charge in [0.05, 0.1) is 36.6 Å². The van der Waals surface area contributed by atoms with Gasteiger partial charge >= 0.3 is 0 Å². The number of nitrogens with one attached hydrogen (secondary N) is 1. The lowest BCUT2D eigenvalue weighted by molar-refractivity contribution is 0.102. The number of hydrogen-bond acceptors (Lipinski definition) is 7. The van der Waals surface area contributed by atoms with Crippen LogP contribution in [0.25, 0.3) is 11.1 Å². The molecule has 1 amide bonds. The fourth-order valence-corrected chi connectivity index (χ4v) is 3.18. The van der Waals surface area contributed by atoms with Gasteiger partial charge in [0.1, 0.15) is 11.5 Å². The summed E-state index contributed by atoms with van der Waals surface area (Å²) in [6.45, 7) is 3.04. The maximum Gasteiger partial charge on any atom is 0.275 e. The third kappa shape index (κ3) is 4.35. The number of aryl methyl sites for hydroxylation is 1. The molecule has 9 nitrogen and oxygen atoms in total. The van der Waals surface area contributed by atoms with Crippen LogP contribution in [0.2, 0.25) is 0 Å². The van der Waals surface area contributed by atoms with Crippen molar-refractivity contribution < 1.29 is 9.53 Å². The number of carbonyl (C=O) groups excluding carboxylic acids is 1. The summed E-state index contributed by atoms with van der Waals surface area (Å²) in [7, 11) is 1.85. The van der Waals surface area contributed by atoms with Crippen LogP contribution in [0.3, 0.4) is 0 Å². The molecule has 9 heteroatoms. The van der Waals surface area contributed by atoms with Crippen LogP contribution in [0.1, 0.15) is 16.9 Å². The summed E-state index contributed by atoms with van der Waals surface area (Å²) in [6, 6.07) is 5.47. The van der Waals surface area contributed by atoms with Gasteiger partial charge in [-0.1, -0.05) is 6.07 Å². The molecule has 0 bridgehead atoms. The van der Waals surface area contributed by atoms with Gasteiger partial charge in [-0.3, -0.25) is 9.48 Å². The lowest BCUT2D eigenvalue weighted by Gasteiger charge is -2.20. The quantitative estimate of drug-likeness (QED) is 0.652. The van der Waals surface area contributed by atoms with Gasteiger partial charge in [0.2, 0.25) is 0 Å². The van der Waals surface area contributed by atoms with Gasteiger partial charge in [0, 0.05) is 38.5 Å². The minimum atomic E-state index is -0.363. The molecule has 1 aliphatic rings. The highest BCUT2D eigenvalue weighted by molar-refractivity contribution is 6.04. The minimum Gasteiger partial charge on any atom is -0.397 e. The molecule has 0 spiro atoms. The second kappa shape index (κ2) is 8.27. The van der Waals surface area contributed by atoms with Crippen LogP contribution in [0.15, 0.2) is 43.0 Å². The molecular formula is C20H23N7O2. The molecule has 1 fully saturated rings. The summed E-state index contributed by atoms with van der Waals surface area (Å²) in [5.74, 6) is 0.378. The largest absolute Gasteiger partial charge is 0.397 e. The summed E-state index contributed by atoms with van der Waals surface area (Å²) < 4.78 is 7.18. The number of nitrogens with zero attached hydrogens (tertiary/aromatic N) is 5. The number of anilines is 3. The van der Waals surface area contributed by atoms with Crippen molar-refractivity contribution in [3.8, 4) is 11.1 Å². The number of nitrogen functional groups attached to an aromatic ring is 1. The summed E-state index contributed by atoms with van der Waals surface area (Å²) in [4.78, 5) is 23.4. The number of carbonyl (C=O) groups is 1. The zero-order valence-electron chi connectivity index (χ0n) is 16.2. The van der Waals surface area contributed by atoms with Crippen LogP contribution in [-0.4, -0.2) is 52.0 Å². The SMILES string of the molecule is Cn1cc(-c2ccc(N)c(NC(=O)c3cnc(N4CCCOCC4)cn3)c2)cn1. The lowest BCUT2D eigenvalue weighted by Crippen LogP contribution is -2.27. The second-order valence-corrected chi connectivity index (χ2v) is 6.87. The van der Waals surface area contributed by atoms with E-state index in [1.54, 1.807) is 23.1 Å². The molecule has 3 aromatic rings. The highest BCUT2D eigenvalue weighted by Gasteiger charge is 2.15. The second-order valence-electron chi connectivity index (χ2n) is 6.87. The van der Waals surface area contributed by atoms with E-state index in [2.05, 4.69) is 25.3 Å². The zero-order chi connectivity index (χ0) is 20.2. The van der Waals surface area contributed by atoms with Crippen molar-refractivity contribution in [2.45, 2.75) is 6.42 Å². The molecule has 1 aliphatic heterocycles. The predicted octanol–water partition coefficient (Wildman–Crippen LogP) is 1.94. The molecule has 3 N–H and O–H groups in total. The van der Waals surface area contributed by atoms with Gasteiger partial charge in [-0.15, -0.1) is 0 Å². The first-order valence-electron chi connectivity index (χ1n) is 9.45. The number of benzene rings is 1. The maximum absolute atomic E-state index is 12.6. The normalized spacial score (nSPS) is 14.4. The Morgan fingerprint density at radius 2 is 2.03 bits per heavy atom. The van der Waals surface area contributed by atoms with E-state index in [0.717, 1.165) is 43.1 Å². The van der Waals surface area contributed by atoms with Crippen LogP contribution in [0.5, 0.6) is 0 Å². The Kier molecular flexibility index (Phi) is 5.39. The average molecular weight is 393 g/mol. The molecule has 29 heavy (non-hydrogen) atoms. The Labute approximate surface area is 168 Å². The molecular weight excluding hydrogens is 370 g/mol. The Morgan fingerprint density at radius 3 is 2.79 bits per heavy atom. The van der Waals surface area contributed by atoms with Crippen LogP contribution >= 0.6 is 0 Å². The van der Waals surface area contributed by atoms with Crippen LogP contribution in [-0.2, 0) is 11.8 Å². The number of aromatic nitrogens is 4. The summed E-state index contributed by atoms with van der Waals surface area (Å²) >= 11 is 0. The highest BCUT2D eigenvalue weighted by Crippen LogP contribution is 2.27. The van der Waals surface area contributed by atoms with Gasteiger partial charge in [-0.25, -0.2) is 9.97 Å². The van der Waals surface area contributed by atoms with Gasteiger partial charge in [0.15, 0.2) is 0 Å². The first kappa shape index (κ1) is 18.9. The average Bonchev–Trinajstić information content (AvgIpc) is 2.99. The van der Waals surface area contributed by atoms with E-state index in [0.29, 0.717) is 18.0 Å². The van der Waals surface area contributed by atoms with E-state index >= 15 is 0 Å². The van der Waals surface area contributed by atoms with Gasteiger partial charge in [-0.2, -0.15) is 5.10 Å². The van der Waals surface area contributed by atoms with Crippen molar-refractivity contribution in [3.05, 3.63) is 48.7 Å². The molecule has 0 radical (unpaired) electrons. The third-order valence-corrected chi connectivity index (χ3v) is 4.76. The molecule has 2 aromatic heterocycles. The Balaban J connectivity index is 1.49. The van der Waals surface area contributed by atoms with E-state index < -0.39 is 0 Å². The molecule has 1 saturated heterocycles. The predicted molar refractivity (Wildman–Crippen MR) is 111 cm³/mol. The topological polar surface area (TPSA) is 111 Å². The molecule has 0 aliphatic carbocycles. The molecule has 0 atom stereocenters. The Hall–Kier alpha value is -3.46. The summed E-state index contributed by atoms with van der Waals surface area (Å²) in [5.41, 5.74) is 9.11. The molecule has 0 unspecified atom stereocenters. The third-order valence-electron chi connectivity index (χ3n) is 4.76. The van der Waals surface area contributed by atoms with Crippen molar-refractivity contribution in [1.82, 2.24) is 19.7 Å². The molecule has 1 aromatic carbocycles. The first-order chi connectivity index (χ1) is 14.1. The fraction of sp³-hybridized carbons (Fsp3) is 0.300. The number of ether oxygens (including phenoxy) is 1. The fourth-order valence-electron chi connectivity index (χ4n) is 3.18. The Morgan fingerprint density at radius 1 is 1.14 bits per heavy atom. The van der Waals surface area contributed by atoms with Crippen molar-refractivity contribution >= 4 is 23.1 Å². The molecule has 4 rings (SSSR count). The highest BCUT2D eigenvalue weighted by atomic mass is 16.5. The number of nitrogens with two attached hydrogens (primary N) is 1. The smallest absolute Gasteiger partial charge is 0.275 e. The van der Waals surface area contributed by atoms with Gasteiger partial charge in [0.25, 0.3) is 5.91 Å². The maximum atomic E-state index is 12.6. The van der Waals surface area contributed by atoms with E-state index in [1.807, 2.05) is 25.4 Å². The number of rotatable bonds is 4. The van der Waals surface area contributed by atoms with E-state index in [9.17, 15) is 4.79 Å². The van der Waals surface area contributed by atoms with E-state index in [1.165, 1.54) is 6.20 Å². The van der Waals surface area contributed by atoms with Crippen molar-refractivity contribution in [1.29, 1.82) is 0 Å². The first-order valence-corrected chi connectivity index (χ1v) is 9.45. The monoisotopic (exact) mass is 393 g/mol. The molecule has 150 valence electrons. The minimum absolute atomic E-state index is 0.228. The van der Waals surface area contributed by atoms with Crippen LogP contribution in [0, 0.1) is 0 Å². The van der Waals surface area contributed by atoms with Crippen molar-refractivity contribution in [2.75, 3.05) is 42.3 Å². The van der Waals surface area contributed by atoms with Gasteiger partial charge in [-0.05, 0) is 24.1 Å².